The van der Waals surface area contributed by atoms with Gasteiger partial charge in [-0.05, 0) is 37.6 Å². The van der Waals surface area contributed by atoms with Crippen LogP contribution < -0.4 is 11.1 Å². The van der Waals surface area contributed by atoms with E-state index in [4.69, 9.17) is 10.2 Å². The molecule has 2 rings (SSSR count). The number of carbonyl (C=O) groups excluding carboxylic acids is 1. The highest BCUT2D eigenvalue weighted by Crippen LogP contribution is 2.21. The van der Waals surface area contributed by atoms with Crippen molar-refractivity contribution < 1.29 is 9.21 Å². The van der Waals surface area contributed by atoms with Gasteiger partial charge in [-0.3, -0.25) is 4.79 Å². The van der Waals surface area contributed by atoms with Gasteiger partial charge in [-0.15, -0.1) is 0 Å². The molecule has 0 saturated heterocycles. The zero-order valence-corrected chi connectivity index (χ0v) is 12.1. The molecule has 0 bridgehead atoms. The van der Waals surface area contributed by atoms with Gasteiger partial charge < -0.3 is 15.5 Å². The first kappa shape index (κ1) is 14.4. The van der Waals surface area contributed by atoms with E-state index < -0.39 is 0 Å². The fourth-order valence-electron chi connectivity index (χ4n) is 2.24. The Hall–Kier alpha value is -1.97. The van der Waals surface area contributed by atoms with Crippen LogP contribution in [0.1, 0.15) is 50.1 Å². The molecule has 4 heteroatoms. The summed E-state index contributed by atoms with van der Waals surface area (Å²) in [5.74, 6) is 0.178. The second-order valence-corrected chi connectivity index (χ2v) is 5.28. The summed E-state index contributed by atoms with van der Waals surface area (Å²) in [7, 11) is 0. The number of amides is 1. The van der Waals surface area contributed by atoms with Gasteiger partial charge in [0.1, 0.15) is 5.58 Å². The van der Waals surface area contributed by atoms with Gasteiger partial charge in [-0.25, -0.2) is 0 Å². The lowest BCUT2D eigenvalue weighted by Crippen LogP contribution is -2.32. The number of nitrogens with two attached hydrogens (primary N) is 1. The number of furan rings is 1. The van der Waals surface area contributed by atoms with Crippen LogP contribution in [0.4, 0.5) is 5.69 Å². The second-order valence-electron chi connectivity index (χ2n) is 5.28. The van der Waals surface area contributed by atoms with Gasteiger partial charge in [0.15, 0.2) is 5.76 Å². The van der Waals surface area contributed by atoms with Crippen molar-refractivity contribution >= 4 is 22.6 Å². The number of carbonyl (C=O) groups is 1. The summed E-state index contributed by atoms with van der Waals surface area (Å²) in [6.45, 7) is 4.19. The fourth-order valence-corrected chi connectivity index (χ4v) is 2.24. The largest absolute Gasteiger partial charge is 0.451 e. The molecule has 20 heavy (non-hydrogen) atoms. The molecule has 1 atom stereocenters. The summed E-state index contributed by atoms with van der Waals surface area (Å²) in [6.07, 6.45) is 4.51. The van der Waals surface area contributed by atoms with E-state index in [9.17, 15) is 4.79 Å². The van der Waals surface area contributed by atoms with Gasteiger partial charge in [-0.2, -0.15) is 0 Å². The maximum absolute atomic E-state index is 12.1. The summed E-state index contributed by atoms with van der Waals surface area (Å²) in [5, 5.41) is 3.82. The number of anilines is 1. The summed E-state index contributed by atoms with van der Waals surface area (Å²) in [4.78, 5) is 12.1. The number of nitrogens with one attached hydrogen (secondary N) is 1. The molecule has 0 saturated carbocycles. The molecule has 108 valence electrons. The summed E-state index contributed by atoms with van der Waals surface area (Å²) >= 11 is 0. The van der Waals surface area contributed by atoms with E-state index in [0.717, 1.165) is 18.2 Å². The van der Waals surface area contributed by atoms with Crippen LogP contribution in [-0.4, -0.2) is 11.9 Å². The zero-order chi connectivity index (χ0) is 14.5. The van der Waals surface area contributed by atoms with Crippen molar-refractivity contribution in [2.45, 2.75) is 45.6 Å². The normalized spacial score (nSPS) is 12.5. The second kappa shape index (κ2) is 6.46. The maximum atomic E-state index is 12.1. The molecular weight excluding hydrogens is 252 g/mol. The fraction of sp³-hybridized carbons (Fsp3) is 0.438. The average Bonchev–Trinajstić information content (AvgIpc) is 2.82. The first-order valence-electron chi connectivity index (χ1n) is 7.20. The highest BCUT2D eigenvalue weighted by atomic mass is 16.3. The maximum Gasteiger partial charge on any atom is 0.287 e. The molecule has 1 unspecified atom stereocenters. The third-order valence-electron chi connectivity index (χ3n) is 3.38. The first-order valence-corrected chi connectivity index (χ1v) is 7.20. The van der Waals surface area contributed by atoms with Crippen LogP contribution in [0, 0.1) is 0 Å². The van der Waals surface area contributed by atoms with E-state index in [-0.39, 0.29) is 11.9 Å². The summed E-state index contributed by atoms with van der Waals surface area (Å²) in [6, 6.07) is 7.25. The van der Waals surface area contributed by atoms with Crippen LogP contribution in [0.15, 0.2) is 28.7 Å². The first-order chi connectivity index (χ1) is 9.60. The van der Waals surface area contributed by atoms with E-state index in [1.807, 2.05) is 6.92 Å². The van der Waals surface area contributed by atoms with E-state index in [2.05, 4.69) is 12.2 Å². The Morgan fingerprint density at radius 1 is 1.35 bits per heavy atom. The molecule has 0 aliphatic rings. The van der Waals surface area contributed by atoms with Crippen LogP contribution in [-0.2, 0) is 0 Å². The highest BCUT2D eigenvalue weighted by Gasteiger charge is 2.14. The average molecular weight is 274 g/mol. The predicted octanol–water partition coefficient (Wildman–Crippen LogP) is 3.71. The molecular formula is C16H22N2O2. The molecule has 1 amide bonds. The van der Waals surface area contributed by atoms with Gasteiger partial charge in [0.2, 0.25) is 0 Å². The molecule has 3 N–H and O–H groups in total. The van der Waals surface area contributed by atoms with E-state index >= 15 is 0 Å². The van der Waals surface area contributed by atoms with Crippen molar-refractivity contribution in [3.05, 3.63) is 30.0 Å². The molecule has 1 heterocycles. The van der Waals surface area contributed by atoms with Crippen LogP contribution in [0.2, 0.25) is 0 Å². The van der Waals surface area contributed by atoms with Crippen molar-refractivity contribution in [3.63, 3.8) is 0 Å². The van der Waals surface area contributed by atoms with Crippen LogP contribution in [0.5, 0.6) is 0 Å². The van der Waals surface area contributed by atoms with Crippen LogP contribution in [0.3, 0.4) is 0 Å². The van der Waals surface area contributed by atoms with Crippen LogP contribution in [0.25, 0.3) is 11.0 Å². The van der Waals surface area contributed by atoms with E-state index in [0.29, 0.717) is 17.0 Å². The number of hydrogen-bond donors (Lipinski definition) is 2. The minimum atomic E-state index is -0.163. The Labute approximate surface area is 119 Å². The van der Waals surface area contributed by atoms with Crippen molar-refractivity contribution in [3.8, 4) is 0 Å². The number of fused-ring (bicyclic) bond motifs is 1. The molecule has 2 aromatic rings. The predicted molar refractivity (Wildman–Crippen MR) is 81.7 cm³/mol. The number of hydrogen-bond acceptors (Lipinski definition) is 3. The Balaban J connectivity index is 2.00. The Morgan fingerprint density at radius 2 is 2.15 bits per heavy atom. The molecule has 0 radical (unpaired) electrons. The lowest BCUT2D eigenvalue weighted by atomic mass is 10.1. The lowest BCUT2D eigenvalue weighted by molar-refractivity contribution is 0.0912. The third-order valence-corrected chi connectivity index (χ3v) is 3.38. The Kier molecular flexibility index (Phi) is 4.66. The number of benzene rings is 1. The quantitative estimate of drug-likeness (QED) is 0.623. The molecule has 0 fully saturated rings. The molecule has 0 spiro atoms. The molecule has 1 aromatic carbocycles. The van der Waals surface area contributed by atoms with E-state index in [1.165, 1.54) is 12.8 Å². The van der Waals surface area contributed by atoms with Crippen molar-refractivity contribution in [2.75, 3.05) is 5.73 Å². The smallest absolute Gasteiger partial charge is 0.287 e. The summed E-state index contributed by atoms with van der Waals surface area (Å²) < 4.78 is 5.54. The monoisotopic (exact) mass is 274 g/mol. The van der Waals surface area contributed by atoms with Crippen molar-refractivity contribution in [2.24, 2.45) is 0 Å². The highest BCUT2D eigenvalue weighted by molar-refractivity contribution is 5.96. The van der Waals surface area contributed by atoms with Crippen molar-refractivity contribution in [1.29, 1.82) is 0 Å². The minimum Gasteiger partial charge on any atom is -0.451 e. The molecule has 0 aliphatic carbocycles. The number of rotatable bonds is 6. The topological polar surface area (TPSA) is 68.3 Å². The summed E-state index contributed by atoms with van der Waals surface area (Å²) in [5.41, 5.74) is 7.06. The standard InChI is InChI=1S/C16H22N2O2/c1-3-4-5-6-11(2)18-16(19)15-10-12-9-13(17)7-8-14(12)20-15/h7-11H,3-6,17H2,1-2H3,(H,18,19). The van der Waals surface area contributed by atoms with Gasteiger partial charge in [-0.1, -0.05) is 26.2 Å². The number of unbranched alkanes of at least 4 members (excludes halogenated alkanes) is 2. The number of nitrogen functional groups attached to an aromatic ring is 1. The Morgan fingerprint density at radius 3 is 2.90 bits per heavy atom. The minimum absolute atomic E-state index is 0.160. The Bertz CT molecular complexity index is 589. The SMILES string of the molecule is CCCCCC(C)NC(=O)c1cc2cc(N)ccc2o1. The third kappa shape index (κ3) is 3.53. The van der Waals surface area contributed by atoms with Crippen LogP contribution >= 0.6 is 0 Å². The van der Waals surface area contributed by atoms with Gasteiger partial charge in [0.25, 0.3) is 5.91 Å². The van der Waals surface area contributed by atoms with E-state index in [1.54, 1.807) is 24.3 Å². The zero-order valence-electron chi connectivity index (χ0n) is 12.1. The molecule has 4 nitrogen and oxygen atoms in total. The van der Waals surface area contributed by atoms with Crippen molar-refractivity contribution in [1.82, 2.24) is 5.32 Å². The van der Waals surface area contributed by atoms with Gasteiger partial charge in [0, 0.05) is 17.1 Å². The van der Waals surface area contributed by atoms with Gasteiger partial charge in [0.05, 0.1) is 0 Å². The van der Waals surface area contributed by atoms with Gasteiger partial charge >= 0.3 is 0 Å². The lowest BCUT2D eigenvalue weighted by Gasteiger charge is -2.12. The molecule has 0 aliphatic heterocycles. The molecule has 1 aromatic heterocycles.